The number of aromatic amines is 1. The SMILES string of the molecule is C[C@H]1CCCN(C(=O)CSc2nc3scc(-c4cccs4)c3c(=O)[nH]2)C1. The van der Waals surface area contributed by atoms with E-state index >= 15 is 0 Å². The van der Waals surface area contributed by atoms with Crippen LogP contribution < -0.4 is 5.56 Å². The van der Waals surface area contributed by atoms with Crippen molar-refractivity contribution >= 4 is 50.6 Å². The first kappa shape index (κ1) is 17.8. The van der Waals surface area contributed by atoms with Crippen LogP contribution in [0.4, 0.5) is 0 Å². The summed E-state index contributed by atoms with van der Waals surface area (Å²) in [4.78, 5) is 36.1. The minimum atomic E-state index is -0.138. The molecule has 1 saturated heterocycles. The lowest BCUT2D eigenvalue weighted by atomic mass is 10.0. The summed E-state index contributed by atoms with van der Waals surface area (Å²) in [5, 5.41) is 5.13. The van der Waals surface area contributed by atoms with Gasteiger partial charge in [-0.05, 0) is 30.2 Å². The number of thiophene rings is 2. The third kappa shape index (κ3) is 3.58. The highest BCUT2D eigenvalue weighted by Gasteiger charge is 2.21. The van der Waals surface area contributed by atoms with Gasteiger partial charge in [-0.15, -0.1) is 22.7 Å². The van der Waals surface area contributed by atoms with Crippen LogP contribution in [0.3, 0.4) is 0 Å². The van der Waals surface area contributed by atoms with Crippen molar-refractivity contribution < 1.29 is 4.79 Å². The average molecular weight is 406 g/mol. The van der Waals surface area contributed by atoms with E-state index in [4.69, 9.17) is 0 Å². The summed E-state index contributed by atoms with van der Waals surface area (Å²) in [6.07, 6.45) is 2.26. The molecule has 8 heteroatoms. The van der Waals surface area contributed by atoms with E-state index in [9.17, 15) is 9.59 Å². The summed E-state index contributed by atoms with van der Waals surface area (Å²) >= 11 is 4.39. The number of likely N-dealkylation sites (tertiary alicyclic amines) is 1. The molecule has 5 nitrogen and oxygen atoms in total. The van der Waals surface area contributed by atoms with Crippen LogP contribution >= 0.6 is 34.4 Å². The maximum absolute atomic E-state index is 12.6. The van der Waals surface area contributed by atoms with Crippen LogP contribution in [-0.2, 0) is 4.79 Å². The van der Waals surface area contributed by atoms with Gasteiger partial charge in [-0.1, -0.05) is 24.8 Å². The Balaban J connectivity index is 1.51. The van der Waals surface area contributed by atoms with Crippen LogP contribution in [0, 0.1) is 5.92 Å². The number of piperidine rings is 1. The van der Waals surface area contributed by atoms with Crippen LogP contribution in [0.25, 0.3) is 20.7 Å². The van der Waals surface area contributed by atoms with Gasteiger partial charge in [0.25, 0.3) is 5.56 Å². The Labute approximate surface area is 163 Å². The number of rotatable bonds is 4. The fourth-order valence-corrected chi connectivity index (χ4v) is 5.83. The molecule has 4 heterocycles. The number of carbonyl (C=O) groups is 1. The minimum absolute atomic E-state index is 0.120. The Morgan fingerprint density at radius 3 is 3.12 bits per heavy atom. The molecule has 3 aromatic heterocycles. The van der Waals surface area contributed by atoms with E-state index in [1.165, 1.54) is 29.5 Å². The maximum atomic E-state index is 12.6. The lowest BCUT2D eigenvalue weighted by Crippen LogP contribution is -2.40. The molecule has 1 aliphatic heterocycles. The summed E-state index contributed by atoms with van der Waals surface area (Å²) < 4.78 is 0. The van der Waals surface area contributed by atoms with E-state index in [1.807, 2.05) is 27.8 Å². The molecule has 0 bridgehead atoms. The number of thioether (sulfide) groups is 1. The quantitative estimate of drug-likeness (QED) is 0.525. The average Bonchev–Trinajstić information content (AvgIpc) is 3.29. The van der Waals surface area contributed by atoms with Gasteiger partial charge >= 0.3 is 0 Å². The van der Waals surface area contributed by atoms with Crippen LogP contribution in [-0.4, -0.2) is 39.6 Å². The van der Waals surface area contributed by atoms with Crippen molar-refractivity contribution in [3.63, 3.8) is 0 Å². The van der Waals surface area contributed by atoms with Crippen LogP contribution in [0.2, 0.25) is 0 Å². The second-order valence-corrected chi connectivity index (χ2v) is 9.32. The zero-order valence-electron chi connectivity index (χ0n) is 14.4. The normalized spacial score (nSPS) is 17.7. The predicted octanol–water partition coefficient (Wildman–Crippen LogP) is 4.06. The minimum Gasteiger partial charge on any atom is -0.342 e. The first-order valence-corrected chi connectivity index (χ1v) is 11.3. The number of hydrogen-bond acceptors (Lipinski definition) is 6. The zero-order chi connectivity index (χ0) is 18.1. The second-order valence-electron chi connectivity index (χ2n) is 6.55. The molecule has 1 N–H and O–H groups in total. The molecule has 3 aromatic rings. The summed E-state index contributed by atoms with van der Waals surface area (Å²) in [5.41, 5.74) is 0.796. The largest absolute Gasteiger partial charge is 0.342 e. The Morgan fingerprint density at radius 1 is 1.46 bits per heavy atom. The third-order valence-electron chi connectivity index (χ3n) is 4.55. The number of H-pyrrole nitrogens is 1. The van der Waals surface area contributed by atoms with Crippen molar-refractivity contribution in [3.05, 3.63) is 33.2 Å². The number of aromatic nitrogens is 2. The molecular weight excluding hydrogens is 386 g/mol. The standard InChI is InChI=1S/C18H19N3O2S3/c1-11-4-2-6-21(8-11)14(22)10-26-18-19-16(23)15-12(9-25-17(15)20-18)13-5-3-7-24-13/h3,5,7,9,11H,2,4,6,8,10H2,1H3,(H,19,20,23)/t11-/m0/s1. The number of carbonyl (C=O) groups excluding carboxylic acids is 1. The van der Waals surface area contributed by atoms with Gasteiger partial charge in [-0.2, -0.15) is 0 Å². The van der Waals surface area contributed by atoms with Gasteiger partial charge in [0.2, 0.25) is 5.91 Å². The molecule has 1 atom stereocenters. The van der Waals surface area contributed by atoms with E-state index in [1.54, 1.807) is 11.3 Å². The van der Waals surface area contributed by atoms with E-state index in [0.29, 0.717) is 22.2 Å². The lowest BCUT2D eigenvalue weighted by molar-refractivity contribution is -0.130. The first-order valence-electron chi connectivity index (χ1n) is 8.58. The Bertz CT molecular complexity index is 977. The number of nitrogens with zero attached hydrogens (tertiary/aromatic N) is 2. The molecule has 0 unspecified atom stereocenters. The molecule has 0 saturated carbocycles. The number of hydrogen-bond donors (Lipinski definition) is 1. The molecule has 1 aliphatic rings. The molecule has 0 radical (unpaired) electrons. The maximum Gasteiger partial charge on any atom is 0.260 e. The van der Waals surface area contributed by atoms with Gasteiger partial charge < -0.3 is 9.88 Å². The Morgan fingerprint density at radius 2 is 2.35 bits per heavy atom. The highest BCUT2D eigenvalue weighted by atomic mass is 32.2. The van der Waals surface area contributed by atoms with Crippen molar-refractivity contribution in [2.75, 3.05) is 18.8 Å². The Hall–Kier alpha value is -1.64. The van der Waals surface area contributed by atoms with E-state index in [-0.39, 0.29) is 11.5 Å². The number of fused-ring (bicyclic) bond motifs is 1. The molecule has 0 aromatic carbocycles. The van der Waals surface area contributed by atoms with Crippen LogP contribution in [0.5, 0.6) is 0 Å². The highest BCUT2D eigenvalue weighted by Crippen LogP contribution is 2.34. The van der Waals surface area contributed by atoms with Gasteiger partial charge in [-0.3, -0.25) is 9.59 Å². The molecule has 26 heavy (non-hydrogen) atoms. The van der Waals surface area contributed by atoms with Crippen molar-refractivity contribution in [1.29, 1.82) is 0 Å². The van der Waals surface area contributed by atoms with Gasteiger partial charge in [0.05, 0.1) is 11.1 Å². The topological polar surface area (TPSA) is 66.1 Å². The molecular formula is C18H19N3O2S3. The molecule has 0 spiro atoms. The number of amides is 1. The summed E-state index contributed by atoms with van der Waals surface area (Å²) in [5.74, 6) is 0.994. The molecule has 4 rings (SSSR count). The van der Waals surface area contributed by atoms with Crippen molar-refractivity contribution in [3.8, 4) is 10.4 Å². The molecule has 0 aliphatic carbocycles. The van der Waals surface area contributed by atoms with E-state index < -0.39 is 0 Å². The van der Waals surface area contributed by atoms with Gasteiger partial charge in [0.15, 0.2) is 5.16 Å². The molecule has 136 valence electrons. The smallest absolute Gasteiger partial charge is 0.260 e. The van der Waals surface area contributed by atoms with Gasteiger partial charge in [0, 0.05) is 28.9 Å². The fourth-order valence-electron chi connectivity index (χ4n) is 3.25. The van der Waals surface area contributed by atoms with Crippen molar-refractivity contribution in [2.45, 2.75) is 24.9 Å². The highest BCUT2D eigenvalue weighted by molar-refractivity contribution is 7.99. The van der Waals surface area contributed by atoms with Gasteiger partial charge in [0.1, 0.15) is 4.83 Å². The van der Waals surface area contributed by atoms with E-state index in [2.05, 4.69) is 16.9 Å². The van der Waals surface area contributed by atoms with E-state index in [0.717, 1.165) is 34.8 Å². The van der Waals surface area contributed by atoms with Crippen molar-refractivity contribution in [1.82, 2.24) is 14.9 Å². The van der Waals surface area contributed by atoms with Gasteiger partial charge in [-0.25, -0.2) is 4.98 Å². The summed E-state index contributed by atoms with van der Waals surface area (Å²) in [7, 11) is 0. The zero-order valence-corrected chi connectivity index (χ0v) is 16.8. The first-order chi connectivity index (χ1) is 12.6. The summed E-state index contributed by atoms with van der Waals surface area (Å²) in [6.45, 7) is 3.85. The van der Waals surface area contributed by atoms with Crippen molar-refractivity contribution in [2.24, 2.45) is 5.92 Å². The fraction of sp³-hybridized carbons (Fsp3) is 0.389. The van der Waals surface area contributed by atoms with Crippen LogP contribution in [0.15, 0.2) is 32.8 Å². The lowest BCUT2D eigenvalue weighted by Gasteiger charge is -2.30. The number of nitrogens with one attached hydrogen (secondary N) is 1. The second kappa shape index (κ2) is 7.54. The third-order valence-corrected chi connectivity index (χ3v) is 7.18. The molecule has 1 fully saturated rings. The predicted molar refractivity (Wildman–Crippen MR) is 109 cm³/mol. The monoisotopic (exact) mass is 405 g/mol. The summed E-state index contributed by atoms with van der Waals surface area (Å²) in [6, 6.07) is 3.98. The Kier molecular flexibility index (Phi) is 5.15. The molecule has 1 amide bonds. The van der Waals surface area contributed by atoms with Crippen LogP contribution in [0.1, 0.15) is 19.8 Å².